The number of piperidine rings is 1. The van der Waals surface area contributed by atoms with Crippen molar-refractivity contribution in [1.29, 1.82) is 0 Å². The number of nitrogens with one attached hydrogen (secondary N) is 1. The summed E-state index contributed by atoms with van der Waals surface area (Å²) in [6, 6.07) is 7.27. The summed E-state index contributed by atoms with van der Waals surface area (Å²) in [5, 5.41) is 3.53. The number of rotatable bonds is 5. The normalized spacial score (nSPS) is 19.8. The van der Waals surface area contributed by atoms with Gasteiger partial charge in [0.2, 0.25) is 15.9 Å². The first-order chi connectivity index (χ1) is 10.4. The molecule has 1 aliphatic heterocycles. The van der Waals surface area contributed by atoms with E-state index in [1.807, 2.05) is 12.1 Å². The highest BCUT2D eigenvalue weighted by atomic mass is 35.5. The minimum atomic E-state index is -3.22. The predicted molar refractivity (Wildman–Crippen MR) is 87.1 cm³/mol. The highest BCUT2D eigenvalue weighted by Crippen LogP contribution is 2.20. The van der Waals surface area contributed by atoms with Crippen molar-refractivity contribution >= 4 is 27.5 Å². The molecule has 1 aromatic carbocycles. The molecule has 0 saturated carbocycles. The number of hydrogen-bond acceptors (Lipinski definition) is 3. The summed E-state index contributed by atoms with van der Waals surface area (Å²) in [4.78, 5) is 12.2. The van der Waals surface area contributed by atoms with E-state index in [4.69, 9.17) is 11.6 Å². The van der Waals surface area contributed by atoms with E-state index in [9.17, 15) is 13.2 Å². The molecule has 1 aliphatic rings. The van der Waals surface area contributed by atoms with Crippen LogP contribution in [-0.4, -0.2) is 37.5 Å². The first-order valence-electron chi connectivity index (χ1n) is 7.42. The molecular weight excluding hydrogens is 324 g/mol. The molecule has 0 radical (unpaired) electrons. The molecule has 0 spiro atoms. The highest BCUT2D eigenvalue weighted by Gasteiger charge is 2.31. The molecule has 0 aliphatic carbocycles. The average molecular weight is 345 g/mol. The smallest absolute Gasteiger partial charge is 0.224 e. The van der Waals surface area contributed by atoms with Gasteiger partial charge in [0.05, 0.1) is 11.7 Å². The second-order valence-electron chi connectivity index (χ2n) is 5.44. The van der Waals surface area contributed by atoms with Gasteiger partial charge in [0.15, 0.2) is 0 Å². The Hall–Kier alpha value is -1.11. The van der Waals surface area contributed by atoms with Gasteiger partial charge in [-0.05, 0) is 37.5 Å². The van der Waals surface area contributed by atoms with Crippen LogP contribution in [0.3, 0.4) is 0 Å². The molecule has 22 heavy (non-hydrogen) atoms. The van der Waals surface area contributed by atoms with Gasteiger partial charge in [0.25, 0.3) is 0 Å². The van der Waals surface area contributed by atoms with Gasteiger partial charge in [-0.25, -0.2) is 12.7 Å². The average Bonchev–Trinajstić information content (AvgIpc) is 2.54. The third kappa shape index (κ3) is 4.44. The molecule has 7 heteroatoms. The van der Waals surface area contributed by atoms with Crippen molar-refractivity contribution in [2.75, 3.05) is 18.8 Å². The van der Waals surface area contributed by atoms with Gasteiger partial charge in [-0.3, -0.25) is 4.79 Å². The van der Waals surface area contributed by atoms with Crippen LogP contribution in [0.25, 0.3) is 0 Å². The van der Waals surface area contributed by atoms with E-state index in [0.717, 1.165) is 18.4 Å². The number of nitrogens with zero attached hydrogens (tertiary/aromatic N) is 1. The monoisotopic (exact) mass is 344 g/mol. The second kappa shape index (κ2) is 7.44. The fourth-order valence-corrected chi connectivity index (χ4v) is 3.83. The van der Waals surface area contributed by atoms with E-state index in [1.165, 1.54) is 4.31 Å². The van der Waals surface area contributed by atoms with Gasteiger partial charge < -0.3 is 5.32 Å². The summed E-state index contributed by atoms with van der Waals surface area (Å²) in [6.45, 7) is 2.84. The standard InChI is InChI=1S/C15H21ClN2O3S/c1-2-22(20,21)18-9-3-4-13(11-18)15(19)17-10-12-5-7-14(16)8-6-12/h5-8,13H,2-4,9-11H2,1H3,(H,17,19)/t13-/m1/s1. The number of benzene rings is 1. The minimum Gasteiger partial charge on any atom is -0.352 e. The summed E-state index contributed by atoms with van der Waals surface area (Å²) < 4.78 is 25.3. The van der Waals surface area contributed by atoms with Crippen molar-refractivity contribution in [3.05, 3.63) is 34.9 Å². The summed E-state index contributed by atoms with van der Waals surface area (Å²) in [5.74, 6) is -0.292. The van der Waals surface area contributed by atoms with Gasteiger partial charge >= 0.3 is 0 Å². The first kappa shape index (κ1) is 17.2. The summed E-state index contributed by atoms with van der Waals surface area (Å²) in [7, 11) is -3.22. The van der Waals surface area contributed by atoms with Gasteiger partial charge in [0, 0.05) is 24.7 Å². The van der Waals surface area contributed by atoms with Gasteiger partial charge in [-0.15, -0.1) is 0 Å². The summed E-state index contributed by atoms with van der Waals surface area (Å²) >= 11 is 5.82. The maximum atomic E-state index is 12.2. The van der Waals surface area contributed by atoms with Crippen LogP contribution in [0.1, 0.15) is 25.3 Å². The van der Waals surface area contributed by atoms with Crippen LogP contribution in [0, 0.1) is 5.92 Å². The number of hydrogen-bond donors (Lipinski definition) is 1. The first-order valence-corrected chi connectivity index (χ1v) is 9.41. The lowest BCUT2D eigenvalue weighted by Crippen LogP contribution is -2.45. The molecular formula is C15H21ClN2O3S. The lowest BCUT2D eigenvalue weighted by molar-refractivity contribution is -0.126. The lowest BCUT2D eigenvalue weighted by atomic mass is 9.99. The molecule has 1 N–H and O–H groups in total. The number of carbonyl (C=O) groups is 1. The Labute approximate surface area is 136 Å². The van der Waals surface area contributed by atoms with E-state index >= 15 is 0 Å². The van der Waals surface area contributed by atoms with Crippen molar-refractivity contribution < 1.29 is 13.2 Å². The quantitative estimate of drug-likeness (QED) is 0.888. The summed E-state index contributed by atoms with van der Waals surface area (Å²) in [5.41, 5.74) is 0.964. The van der Waals surface area contributed by atoms with E-state index in [0.29, 0.717) is 18.1 Å². The van der Waals surface area contributed by atoms with E-state index in [1.54, 1.807) is 19.1 Å². The Balaban J connectivity index is 1.90. The van der Waals surface area contributed by atoms with Gasteiger partial charge in [-0.2, -0.15) is 0 Å². The molecule has 0 aromatic heterocycles. The fraction of sp³-hybridized carbons (Fsp3) is 0.533. The maximum Gasteiger partial charge on any atom is 0.224 e. The van der Waals surface area contributed by atoms with Crippen LogP contribution < -0.4 is 5.32 Å². The van der Waals surface area contributed by atoms with Crippen LogP contribution in [0.4, 0.5) is 0 Å². The van der Waals surface area contributed by atoms with Crippen LogP contribution in [0.2, 0.25) is 5.02 Å². The molecule has 0 unspecified atom stereocenters. The molecule has 1 saturated heterocycles. The van der Waals surface area contributed by atoms with Gasteiger partial charge in [-0.1, -0.05) is 23.7 Å². The van der Waals surface area contributed by atoms with Crippen LogP contribution >= 0.6 is 11.6 Å². The van der Waals surface area contributed by atoms with Gasteiger partial charge in [0.1, 0.15) is 0 Å². The predicted octanol–water partition coefficient (Wildman–Crippen LogP) is 2.02. The number of sulfonamides is 1. The van der Waals surface area contributed by atoms with Crippen LogP contribution in [0.15, 0.2) is 24.3 Å². The zero-order chi connectivity index (χ0) is 16.2. The topological polar surface area (TPSA) is 66.5 Å². The third-order valence-electron chi connectivity index (χ3n) is 3.89. The van der Waals surface area contributed by atoms with E-state index < -0.39 is 10.0 Å². The number of carbonyl (C=O) groups excluding carboxylic acids is 1. The molecule has 122 valence electrons. The maximum absolute atomic E-state index is 12.2. The number of halogens is 1. The Morgan fingerprint density at radius 2 is 2.05 bits per heavy atom. The Morgan fingerprint density at radius 3 is 2.68 bits per heavy atom. The minimum absolute atomic E-state index is 0.0755. The van der Waals surface area contributed by atoms with E-state index in [2.05, 4.69) is 5.32 Å². The van der Waals surface area contributed by atoms with Crippen molar-refractivity contribution in [2.24, 2.45) is 5.92 Å². The molecule has 0 bridgehead atoms. The molecule has 5 nitrogen and oxygen atoms in total. The molecule has 1 atom stereocenters. The third-order valence-corrected chi connectivity index (χ3v) is 5.99. The van der Waals surface area contributed by atoms with Crippen molar-refractivity contribution in [3.8, 4) is 0 Å². The Morgan fingerprint density at radius 1 is 1.36 bits per heavy atom. The van der Waals surface area contributed by atoms with Crippen molar-refractivity contribution in [1.82, 2.24) is 9.62 Å². The largest absolute Gasteiger partial charge is 0.352 e. The Bertz CT molecular complexity index is 616. The number of amides is 1. The van der Waals surface area contributed by atoms with E-state index in [-0.39, 0.29) is 24.1 Å². The highest BCUT2D eigenvalue weighted by molar-refractivity contribution is 7.89. The molecule has 1 amide bonds. The van der Waals surface area contributed by atoms with Crippen molar-refractivity contribution in [3.63, 3.8) is 0 Å². The fourth-order valence-electron chi connectivity index (χ4n) is 2.53. The molecule has 1 heterocycles. The van der Waals surface area contributed by atoms with Crippen LogP contribution in [0.5, 0.6) is 0 Å². The zero-order valence-electron chi connectivity index (χ0n) is 12.6. The molecule has 2 rings (SSSR count). The molecule has 1 aromatic rings. The lowest BCUT2D eigenvalue weighted by Gasteiger charge is -2.30. The second-order valence-corrected chi connectivity index (χ2v) is 8.14. The Kier molecular flexibility index (Phi) is 5.83. The molecule has 1 fully saturated rings. The summed E-state index contributed by atoms with van der Waals surface area (Å²) in [6.07, 6.45) is 1.44. The zero-order valence-corrected chi connectivity index (χ0v) is 14.2. The SMILES string of the molecule is CCS(=O)(=O)N1CCC[C@@H](C(=O)NCc2ccc(Cl)cc2)C1. The van der Waals surface area contributed by atoms with Crippen molar-refractivity contribution in [2.45, 2.75) is 26.3 Å². The van der Waals surface area contributed by atoms with Crippen LogP contribution in [-0.2, 0) is 21.4 Å².